The van der Waals surface area contributed by atoms with Crippen LogP contribution in [0.5, 0.6) is 11.5 Å². The van der Waals surface area contributed by atoms with Crippen LogP contribution in [-0.4, -0.2) is 6.61 Å². The summed E-state index contributed by atoms with van der Waals surface area (Å²) in [5.74, 6) is 1.15. The highest BCUT2D eigenvalue weighted by Gasteiger charge is 2.05. The van der Waals surface area contributed by atoms with Crippen molar-refractivity contribution in [2.75, 3.05) is 11.9 Å². The van der Waals surface area contributed by atoms with E-state index < -0.39 is 0 Å². The van der Waals surface area contributed by atoms with Crippen LogP contribution in [0, 0.1) is 5.82 Å². The maximum Gasteiger partial charge on any atom is 0.138 e. The molecule has 5 heteroatoms. The van der Waals surface area contributed by atoms with Gasteiger partial charge in [-0.25, -0.2) is 4.39 Å². The predicted molar refractivity (Wildman–Crippen MR) is 107 cm³/mol. The second-order valence-electron chi connectivity index (χ2n) is 5.99. The Labute approximate surface area is 163 Å². The zero-order valence-electron chi connectivity index (χ0n) is 15.0. The summed E-state index contributed by atoms with van der Waals surface area (Å²) in [6.07, 6.45) is 0. The Balaban J connectivity index is 1.56. The van der Waals surface area contributed by atoms with Crippen LogP contribution in [0.25, 0.3) is 0 Å². The molecule has 3 aromatic rings. The van der Waals surface area contributed by atoms with Crippen molar-refractivity contribution in [3.8, 4) is 11.5 Å². The molecule has 3 nitrogen and oxygen atoms in total. The summed E-state index contributed by atoms with van der Waals surface area (Å²) < 4.78 is 24.3. The average molecular weight is 386 g/mol. The van der Waals surface area contributed by atoms with Crippen LogP contribution in [0.4, 0.5) is 10.1 Å². The first-order chi connectivity index (χ1) is 13.1. The summed E-state index contributed by atoms with van der Waals surface area (Å²) in [4.78, 5) is 0. The lowest BCUT2D eigenvalue weighted by Crippen LogP contribution is -2.01. The van der Waals surface area contributed by atoms with E-state index in [-0.39, 0.29) is 12.4 Å². The van der Waals surface area contributed by atoms with E-state index >= 15 is 0 Å². The van der Waals surface area contributed by atoms with E-state index in [1.807, 2.05) is 55.5 Å². The molecule has 0 saturated heterocycles. The van der Waals surface area contributed by atoms with Crippen molar-refractivity contribution in [3.05, 3.63) is 88.7 Å². The zero-order chi connectivity index (χ0) is 19.1. The number of ether oxygens (including phenoxy) is 2. The molecule has 0 atom stereocenters. The fourth-order valence-electron chi connectivity index (χ4n) is 2.60. The second-order valence-corrected chi connectivity index (χ2v) is 6.40. The van der Waals surface area contributed by atoms with Crippen LogP contribution in [-0.2, 0) is 13.2 Å². The van der Waals surface area contributed by atoms with Gasteiger partial charge in [0, 0.05) is 12.2 Å². The van der Waals surface area contributed by atoms with Crippen molar-refractivity contribution in [2.24, 2.45) is 0 Å². The third-order valence-electron chi connectivity index (χ3n) is 3.94. The Morgan fingerprint density at radius 3 is 2.44 bits per heavy atom. The normalized spacial score (nSPS) is 10.5. The van der Waals surface area contributed by atoms with Gasteiger partial charge in [0.25, 0.3) is 0 Å². The number of hydrogen-bond acceptors (Lipinski definition) is 3. The molecule has 0 aliphatic heterocycles. The molecular weight excluding hydrogens is 365 g/mol. The maximum atomic E-state index is 13.2. The summed E-state index contributed by atoms with van der Waals surface area (Å²) in [5.41, 5.74) is 2.79. The molecule has 0 fully saturated rings. The number of halogens is 2. The molecule has 0 radical (unpaired) electrons. The highest BCUT2D eigenvalue weighted by Crippen LogP contribution is 2.27. The monoisotopic (exact) mass is 385 g/mol. The first kappa shape index (κ1) is 19.1. The van der Waals surface area contributed by atoms with Crippen molar-refractivity contribution >= 4 is 17.3 Å². The Morgan fingerprint density at radius 1 is 0.926 bits per heavy atom. The van der Waals surface area contributed by atoms with Crippen LogP contribution in [0.1, 0.15) is 18.1 Å². The SMILES string of the molecule is CCOc1ccc(NCc2ccc(OCc3cccc(F)c3)c(Cl)c2)cc1. The maximum absolute atomic E-state index is 13.2. The van der Waals surface area contributed by atoms with Gasteiger partial charge in [0.2, 0.25) is 0 Å². The predicted octanol–water partition coefficient (Wildman–Crippen LogP) is 6.07. The van der Waals surface area contributed by atoms with Crippen LogP contribution >= 0.6 is 11.6 Å². The van der Waals surface area contributed by atoms with Gasteiger partial charge >= 0.3 is 0 Å². The number of rotatable bonds is 8. The van der Waals surface area contributed by atoms with Crippen LogP contribution < -0.4 is 14.8 Å². The summed E-state index contributed by atoms with van der Waals surface area (Å²) >= 11 is 6.32. The van der Waals surface area contributed by atoms with E-state index in [0.29, 0.717) is 23.9 Å². The Hall–Kier alpha value is -2.72. The van der Waals surface area contributed by atoms with E-state index in [4.69, 9.17) is 21.1 Å². The molecule has 3 rings (SSSR count). The molecule has 27 heavy (non-hydrogen) atoms. The van der Waals surface area contributed by atoms with E-state index in [1.165, 1.54) is 12.1 Å². The van der Waals surface area contributed by atoms with E-state index in [1.54, 1.807) is 6.07 Å². The average Bonchev–Trinajstić information content (AvgIpc) is 2.67. The summed E-state index contributed by atoms with van der Waals surface area (Å²) in [7, 11) is 0. The van der Waals surface area contributed by atoms with Gasteiger partial charge in [-0.3, -0.25) is 0 Å². The van der Waals surface area contributed by atoms with Gasteiger partial charge in [-0.1, -0.05) is 29.8 Å². The molecule has 0 aliphatic rings. The Bertz CT molecular complexity index is 884. The molecule has 0 bridgehead atoms. The van der Waals surface area contributed by atoms with Gasteiger partial charge in [0.15, 0.2) is 0 Å². The molecule has 0 amide bonds. The van der Waals surface area contributed by atoms with Crippen molar-refractivity contribution in [1.82, 2.24) is 0 Å². The number of nitrogens with one attached hydrogen (secondary N) is 1. The summed E-state index contributed by atoms with van der Waals surface area (Å²) in [6.45, 7) is 3.51. The lowest BCUT2D eigenvalue weighted by Gasteiger charge is -2.11. The molecule has 3 aromatic carbocycles. The molecule has 140 valence electrons. The van der Waals surface area contributed by atoms with Crippen molar-refractivity contribution in [2.45, 2.75) is 20.1 Å². The minimum Gasteiger partial charge on any atom is -0.494 e. The van der Waals surface area contributed by atoms with E-state index in [0.717, 1.165) is 22.6 Å². The van der Waals surface area contributed by atoms with Gasteiger partial charge < -0.3 is 14.8 Å². The third kappa shape index (κ3) is 5.63. The molecule has 0 aliphatic carbocycles. The van der Waals surface area contributed by atoms with Gasteiger partial charge in [-0.15, -0.1) is 0 Å². The molecule has 1 N–H and O–H groups in total. The summed E-state index contributed by atoms with van der Waals surface area (Å²) in [5, 5.41) is 3.87. The fourth-order valence-corrected chi connectivity index (χ4v) is 2.86. The van der Waals surface area contributed by atoms with E-state index in [2.05, 4.69) is 5.32 Å². The highest BCUT2D eigenvalue weighted by molar-refractivity contribution is 6.32. The topological polar surface area (TPSA) is 30.5 Å². The smallest absolute Gasteiger partial charge is 0.138 e. The van der Waals surface area contributed by atoms with Crippen LogP contribution in [0.15, 0.2) is 66.7 Å². The Morgan fingerprint density at radius 2 is 1.74 bits per heavy atom. The van der Waals surface area contributed by atoms with Gasteiger partial charge in [-0.05, 0) is 66.6 Å². The standard InChI is InChI=1S/C22H21ClFNO2/c1-2-26-20-9-7-19(8-10-20)25-14-16-6-11-22(21(23)13-16)27-15-17-4-3-5-18(24)12-17/h3-13,25H,2,14-15H2,1H3. The summed E-state index contributed by atoms with van der Waals surface area (Å²) in [6, 6.07) is 19.8. The number of hydrogen-bond donors (Lipinski definition) is 1. The first-order valence-electron chi connectivity index (χ1n) is 8.76. The Kier molecular flexibility index (Phi) is 6.55. The quantitative estimate of drug-likeness (QED) is 0.510. The highest BCUT2D eigenvalue weighted by atomic mass is 35.5. The second kappa shape index (κ2) is 9.28. The van der Waals surface area contributed by atoms with Gasteiger partial charge in [0.05, 0.1) is 11.6 Å². The number of anilines is 1. The first-order valence-corrected chi connectivity index (χ1v) is 9.14. The molecular formula is C22H21ClFNO2. The van der Waals surface area contributed by atoms with Crippen molar-refractivity contribution in [3.63, 3.8) is 0 Å². The molecule has 0 aromatic heterocycles. The molecule has 0 unspecified atom stereocenters. The lowest BCUT2D eigenvalue weighted by atomic mass is 10.2. The minimum absolute atomic E-state index is 0.265. The van der Waals surface area contributed by atoms with E-state index in [9.17, 15) is 4.39 Å². The third-order valence-corrected chi connectivity index (χ3v) is 4.24. The fraction of sp³-hybridized carbons (Fsp3) is 0.182. The van der Waals surface area contributed by atoms with Crippen LogP contribution in [0.3, 0.4) is 0 Å². The lowest BCUT2D eigenvalue weighted by molar-refractivity contribution is 0.305. The molecule has 0 spiro atoms. The minimum atomic E-state index is -0.280. The van der Waals surface area contributed by atoms with Gasteiger partial charge in [-0.2, -0.15) is 0 Å². The zero-order valence-corrected chi connectivity index (χ0v) is 15.8. The van der Waals surface area contributed by atoms with Crippen molar-refractivity contribution < 1.29 is 13.9 Å². The van der Waals surface area contributed by atoms with Crippen molar-refractivity contribution in [1.29, 1.82) is 0 Å². The molecule has 0 heterocycles. The van der Waals surface area contributed by atoms with Crippen LogP contribution in [0.2, 0.25) is 5.02 Å². The molecule has 0 saturated carbocycles. The largest absolute Gasteiger partial charge is 0.494 e. The van der Waals surface area contributed by atoms with Gasteiger partial charge in [0.1, 0.15) is 23.9 Å². The number of benzene rings is 3.